The lowest BCUT2D eigenvalue weighted by Crippen LogP contribution is -1.60. The zero-order chi connectivity index (χ0) is 36.6. The molecule has 45 heteroatoms. The topological polar surface area (TPSA) is 147 Å². The Hall–Kier alpha value is 9.20. The monoisotopic (exact) mass is 1300 g/mol. The maximum absolute atomic E-state index is 7.44. The molecule has 0 saturated carbocycles. The summed E-state index contributed by atoms with van der Waals surface area (Å²) in [7, 11) is 0. The zero-order valence-corrected chi connectivity index (χ0v) is 45.8. The predicted molar refractivity (Wildman–Crippen MR) is 238 cm³/mol. The van der Waals surface area contributed by atoms with Crippen LogP contribution in [0, 0.1) is 5.16 Å². The van der Waals surface area contributed by atoms with Gasteiger partial charge in [0.25, 0.3) is 53.2 Å². The second-order valence-corrected chi connectivity index (χ2v) is 62.6. The summed E-state index contributed by atoms with van der Waals surface area (Å²) in [6, 6.07) is 0. The molecule has 0 aromatic carbocycles. The molecule has 0 aromatic heterocycles. The van der Waals surface area contributed by atoms with Gasteiger partial charge in [-0.25, -0.2) is 0 Å². The number of hydrogen-bond donors (Lipinski definition) is 1. The molecular formula is HCl23N11P11. The predicted octanol–water partition coefficient (Wildman–Crippen LogP) is 27.5. The molecule has 272 valence electrons. The van der Waals surface area contributed by atoms with E-state index >= 15 is 0 Å². The van der Waals surface area contributed by atoms with Crippen molar-refractivity contribution >= 4 is 323 Å². The molecule has 0 spiro atoms. The van der Waals surface area contributed by atoms with Gasteiger partial charge in [-0.2, -0.15) is 45.2 Å². The Morgan fingerprint density at radius 1 is 0.222 bits per heavy atom. The minimum atomic E-state index is -4.13. The standard InChI is InChI=1S/Cl23HN11P11/c1-35(2,3)25-37(6,7)27-39(10,11)29-41(14,15)31-43(18,19)33-45(22,23)34-44(20,21)32-42(16,17)30-40(12,13)28-38(8,9)26-36(4,5)24/h24H. The van der Waals surface area contributed by atoms with Crippen molar-refractivity contribution < 1.29 is 0 Å². The molecule has 0 radical (unpaired) electrons. The van der Waals surface area contributed by atoms with E-state index in [1.54, 1.807) is 0 Å². The van der Waals surface area contributed by atoms with Crippen LogP contribution in [0.25, 0.3) is 0 Å². The average Bonchev–Trinajstić information content (AvgIpc) is 2.45. The third-order valence-corrected chi connectivity index (χ3v) is 44.3. The molecule has 45 heavy (non-hydrogen) atoms. The first-order valence-electron chi connectivity index (χ1n) is 8.11. The summed E-state index contributed by atoms with van der Waals surface area (Å²) in [5.41, 5.74) is 0. The molecule has 0 saturated heterocycles. The van der Waals surface area contributed by atoms with E-state index in [2.05, 4.69) is 45.2 Å². The largest absolute Gasteiger partial charge is 0.271 e. The van der Waals surface area contributed by atoms with Crippen molar-refractivity contribution in [3.63, 3.8) is 0 Å². The highest BCUT2D eigenvalue weighted by Gasteiger charge is 2.31. The van der Waals surface area contributed by atoms with Gasteiger partial charge in [0, 0.05) is 0 Å². The highest BCUT2D eigenvalue weighted by molar-refractivity contribution is 8.31. The van der Waals surface area contributed by atoms with Crippen LogP contribution in [-0.4, -0.2) is 0 Å². The van der Waals surface area contributed by atoms with Gasteiger partial charge in [0.05, 0.1) is 0 Å². The maximum atomic E-state index is 7.44. The van der Waals surface area contributed by atoms with Crippen LogP contribution in [0.3, 0.4) is 0 Å². The quantitative estimate of drug-likeness (QED) is 0.208. The fourth-order valence-electron chi connectivity index (χ4n) is 1.45. The third kappa shape index (κ3) is 29.1. The summed E-state index contributed by atoms with van der Waals surface area (Å²) >= 11 is 137. The van der Waals surface area contributed by atoms with Gasteiger partial charge in [-0.15, -0.1) is 0 Å². The molecule has 0 heterocycles. The zero-order valence-electron chi connectivity index (χ0n) is 18.6. The smallest absolute Gasteiger partial charge is 0.257 e. The molecule has 0 bridgehead atoms. The molecule has 0 aromatic rings. The highest BCUT2D eigenvalue weighted by atomic mass is 36.0. The van der Waals surface area contributed by atoms with Crippen LogP contribution in [0.4, 0.5) is 0 Å². The van der Waals surface area contributed by atoms with Crippen molar-refractivity contribution in [3.05, 3.63) is 0 Å². The van der Waals surface area contributed by atoms with E-state index in [1.807, 2.05) is 0 Å². The lowest BCUT2D eigenvalue weighted by Gasteiger charge is -2.14. The summed E-state index contributed by atoms with van der Waals surface area (Å²) in [6.07, 6.45) is 0. The molecule has 0 rings (SSSR count). The third-order valence-electron chi connectivity index (χ3n) is 2.15. The fourth-order valence-corrected chi connectivity index (χ4v) is 65.3. The van der Waals surface area contributed by atoms with Crippen molar-refractivity contribution in [3.8, 4) is 0 Å². The van der Waals surface area contributed by atoms with Gasteiger partial charge in [0.15, 0.2) is 0 Å². The van der Waals surface area contributed by atoms with Crippen LogP contribution < -0.4 is 0 Å². The normalized spacial score (nSPS) is 15.1. The SMILES string of the molecule is N=P(Cl)(Cl)N=P(Cl)(Cl)N=P(Cl)(Cl)N=P(Cl)(Cl)N=P(Cl)(Cl)N=P(Cl)(Cl)N=P(Cl)(Cl)N=P(Cl)(Cl)N=P(Cl)(Cl)N=P(Cl)(Cl)N=P(Cl)(Cl)Cl. The highest BCUT2D eigenvalue weighted by Crippen LogP contribution is 2.89. The molecule has 0 aliphatic carbocycles. The Kier molecular flexibility index (Phi) is 24.1. The van der Waals surface area contributed by atoms with Crippen molar-refractivity contribution in [2.24, 2.45) is 45.2 Å². The van der Waals surface area contributed by atoms with Crippen molar-refractivity contribution in [1.29, 1.82) is 5.16 Å². The molecule has 0 aliphatic heterocycles. The van der Waals surface area contributed by atoms with Crippen LogP contribution in [0.5, 0.6) is 0 Å². The van der Waals surface area contributed by atoms with Gasteiger partial charge in [-0.1, -0.05) is 0 Å². The Labute approximate surface area is 367 Å². The molecule has 1 N–H and O–H groups in total. The number of hydrogen-bond acceptors (Lipinski definition) is 1. The Balaban J connectivity index is 7.11. The molecule has 0 atom stereocenters. The minimum Gasteiger partial charge on any atom is -0.271 e. The van der Waals surface area contributed by atoms with Gasteiger partial charge in [-0.3, -0.25) is 5.16 Å². The van der Waals surface area contributed by atoms with E-state index in [-0.39, 0.29) is 0 Å². The summed E-state index contributed by atoms with van der Waals surface area (Å²) in [5.74, 6) is -39.7. The first-order chi connectivity index (χ1) is 19.1. The first-order valence-corrected chi connectivity index (χ1v) is 47.7. The lowest BCUT2D eigenvalue weighted by molar-refractivity contribution is 1.61. The second kappa shape index (κ2) is 20.0. The van der Waals surface area contributed by atoms with E-state index in [4.69, 9.17) is 264 Å². The van der Waals surface area contributed by atoms with Gasteiger partial charge >= 0.3 is 0 Å². The average molecular weight is 1310 g/mol. The van der Waals surface area contributed by atoms with Gasteiger partial charge in [0.1, 0.15) is 0 Å². The van der Waals surface area contributed by atoms with Crippen LogP contribution in [0.15, 0.2) is 45.2 Å². The van der Waals surface area contributed by atoms with E-state index in [0.717, 1.165) is 0 Å². The van der Waals surface area contributed by atoms with Crippen LogP contribution in [0.2, 0.25) is 0 Å². The number of nitrogens with one attached hydrogen (secondary N) is 1. The Bertz CT molecular complexity index is 1730. The minimum absolute atomic E-state index is 3.45. The molecular weight excluding hydrogens is 1310 g/mol. The Morgan fingerprint density at radius 2 is 0.356 bits per heavy atom. The number of halogens is 23. The molecule has 0 amide bonds. The summed E-state index contributed by atoms with van der Waals surface area (Å²) in [5, 5.41) is 3.98. The second-order valence-electron chi connectivity index (χ2n) is 5.90. The van der Waals surface area contributed by atoms with Gasteiger partial charge in [-0.05, 0) is 259 Å². The summed E-state index contributed by atoms with van der Waals surface area (Å²) in [4.78, 5) is 0. The van der Waals surface area contributed by atoms with E-state index < -0.39 is 64.2 Å². The van der Waals surface area contributed by atoms with E-state index in [0.29, 0.717) is 0 Å². The summed E-state index contributed by atoms with van der Waals surface area (Å²) in [6.45, 7) is 0. The maximum Gasteiger partial charge on any atom is 0.257 e. The van der Waals surface area contributed by atoms with E-state index in [9.17, 15) is 0 Å². The molecule has 0 aliphatic rings. The summed E-state index contributed by atoms with van der Waals surface area (Å²) < 4.78 is 36.7. The van der Waals surface area contributed by atoms with Gasteiger partial charge in [0.2, 0.25) is 11.0 Å². The van der Waals surface area contributed by atoms with Crippen molar-refractivity contribution in [1.82, 2.24) is 0 Å². The molecule has 0 fully saturated rings. The fraction of sp³-hybridized carbons (Fsp3) is 0. The van der Waals surface area contributed by atoms with Crippen LogP contribution >= 0.6 is 323 Å². The molecule has 11 nitrogen and oxygen atoms in total. The lowest BCUT2D eigenvalue weighted by atomic mass is 13.8. The molecule has 0 unspecified atom stereocenters. The first kappa shape index (κ1) is 54.2. The van der Waals surface area contributed by atoms with E-state index in [1.165, 1.54) is 0 Å². The number of nitrogens with zero attached hydrogens (tertiary/aromatic N) is 10. The number of rotatable bonds is 10. The van der Waals surface area contributed by atoms with Crippen LogP contribution in [0.1, 0.15) is 0 Å². The van der Waals surface area contributed by atoms with Crippen LogP contribution in [-0.2, 0) is 0 Å². The van der Waals surface area contributed by atoms with Gasteiger partial charge < -0.3 is 0 Å². The Morgan fingerprint density at radius 3 is 0.489 bits per heavy atom. The van der Waals surface area contributed by atoms with Crippen molar-refractivity contribution in [2.75, 3.05) is 0 Å². The van der Waals surface area contributed by atoms with Crippen molar-refractivity contribution in [2.45, 2.75) is 0 Å².